The van der Waals surface area contributed by atoms with E-state index in [2.05, 4.69) is 20.8 Å². The monoisotopic (exact) mass is 178 g/mol. The van der Waals surface area contributed by atoms with Crippen molar-refractivity contribution in [3.05, 3.63) is 30.3 Å². The van der Waals surface area contributed by atoms with Crippen molar-refractivity contribution in [3.8, 4) is 5.75 Å². The molecular formula is C12H18O. The Morgan fingerprint density at radius 2 is 1.77 bits per heavy atom. The van der Waals surface area contributed by atoms with Gasteiger partial charge in [0.25, 0.3) is 0 Å². The van der Waals surface area contributed by atoms with Gasteiger partial charge in [-0.25, -0.2) is 0 Å². The van der Waals surface area contributed by atoms with E-state index in [9.17, 15) is 0 Å². The Hall–Kier alpha value is -0.980. The van der Waals surface area contributed by atoms with E-state index in [1.54, 1.807) is 0 Å². The zero-order valence-electron chi connectivity index (χ0n) is 8.71. The molecule has 0 radical (unpaired) electrons. The SMILES string of the molecule is CCC(C)(C)COc1ccccc1. The molecule has 0 spiro atoms. The Kier molecular flexibility index (Phi) is 3.35. The van der Waals surface area contributed by atoms with E-state index >= 15 is 0 Å². The number of benzene rings is 1. The van der Waals surface area contributed by atoms with Gasteiger partial charge in [-0.05, 0) is 24.0 Å². The van der Waals surface area contributed by atoms with E-state index in [1.165, 1.54) is 0 Å². The fraction of sp³-hybridized carbons (Fsp3) is 0.500. The lowest BCUT2D eigenvalue weighted by Gasteiger charge is -2.22. The summed E-state index contributed by atoms with van der Waals surface area (Å²) in [6, 6.07) is 9.97. The standard InChI is InChI=1S/C12H18O/c1-4-12(2,3)10-13-11-8-6-5-7-9-11/h5-9H,4,10H2,1-3H3. The molecule has 0 saturated heterocycles. The summed E-state index contributed by atoms with van der Waals surface area (Å²) in [5, 5.41) is 0. The maximum atomic E-state index is 5.66. The third-order valence-corrected chi connectivity index (χ3v) is 2.33. The first kappa shape index (κ1) is 10.1. The molecule has 0 N–H and O–H groups in total. The normalized spacial score (nSPS) is 11.3. The third-order valence-electron chi connectivity index (χ3n) is 2.33. The van der Waals surface area contributed by atoms with Crippen LogP contribution in [0.2, 0.25) is 0 Å². The zero-order valence-corrected chi connectivity index (χ0v) is 8.71. The van der Waals surface area contributed by atoms with Crippen molar-refractivity contribution < 1.29 is 4.74 Å². The Morgan fingerprint density at radius 1 is 1.15 bits per heavy atom. The maximum Gasteiger partial charge on any atom is 0.119 e. The number of ether oxygens (including phenoxy) is 1. The molecule has 0 aromatic heterocycles. The number of hydrogen-bond donors (Lipinski definition) is 0. The second kappa shape index (κ2) is 4.31. The van der Waals surface area contributed by atoms with Crippen molar-refractivity contribution in [3.63, 3.8) is 0 Å². The van der Waals surface area contributed by atoms with Crippen LogP contribution in [0.1, 0.15) is 27.2 Å². The van der Waals surface area contributed by atoms with Gasteiger partial charge in [0.05, 0.1) is 6.61 Å². The second-order valence-corrected chi connectivity index (χ2v) is 4.12. The van der Waals surface area contributed by atoms with Crippen molar-refractivity contribution in [2.45, 2.75) is 27.2 Å². The Bertz CT molecular complexity index is 239. The molecule has 0 aliphatic carbocycles. The van der Waals surface area contributed by atoms with Crippen LogP contribution in [-0.4, -0.2) is 6.61 Å². The average Bonchev–Trinajstić information content (AvgIpc) is 2.17. The quantitative estimate of drug-likeness (QED) is 0.685. The summed E-state index contributed by atoms with van der Waals surface area (Å²) in [4.78, 5) is 0. The van der Waals surface area contributed by atoms with Gasteiger partial charge in [-0.1, -0.05) is 39.0 Å². The van der Waals surface area contributed by atoms with E-state index in [4.69, 9.17) is 4.74 Å². The van der Waals surface area contributed by atoms with Crippen LogP contribution >= 0.6 is 0 Å². The first-order valence-electron chi connectivity index (χ1n) is 4.82. The predicted molar refractivity (Wildman–Crippen MR) is 56.0 cm³/mol. The van der Waals surface area contributed by atoms with Crippen LogP contribution in [0.25, 0.3) is 0 Å². The summed E-state index contributed by atoms with van der Waals surface area (Å²) >= 11 is 0. The van der Waals surface area contributed by atoms with E-state index < -0.39 is 0 Å². The fourth-order valence-electron chi connectivity index (χ4n) is 0.897. The van der Waals surface area contributed by atoms with E-state index in [0.717, 1.165) is 18.8 Å². The summed E-state index contributed by atoms with van der Waals surface area (Å²) in [6.45, 7) is 7.41. The molecule has 1 nitrogen and oxygen atoms in total. The van der Waals surface area contributed by atoms with Crippen molar-refractivity contribution in [1.82, 2.24) is 0 Å². The van der Waals surface area contributed by atoms with Gasteiger partial charge in [0.1, 0.15) is 5.75 Å². The first-order valence-corrected chi connectivity index (χ1v) is 4.82. The smallest absolute Gasteiger partial charge is 0.119 e. The van der Waals surface area contributed by atoms with Crippen LogP contribution in [0.15, 0.2) is 30.3 Å². The predicted octanol–water partition coefficient (Wildman–Crippen LogP) is 3.50. The molecule has 1 rings (SSSR count). The number of para-hydroxylation sites is 1. The Labute approximate surface area is 80.7 Å². The van der Waals surface area contributed by atoms with Crippen LogP contribution in [0.5, 0.6) is 5.75 Å². The van der Waals surface area contributed by atoms with Crippen LogP contribution in [-0.2, 0) is 0 Å². The summed E-state index contributed by atoms with van der Waals surface area (Å²) < 4.78 is 5.66. The van der Waals surface area contributed by atoms with Gasteiger partial charge in [-0.15, -0.1) is 0 Å². The first-order chi connectivity index (χ1) is 6.14. The molecule has 1 aromatic rings. The average molecular weight is 178 g/mol. The Morgan fingerprint density at radius 3 is 2.31 bits per heavy atom. The number of rotatable bonds is 4. The van der Waals surface area contributed by atoms with Crippen LogP contribution in [0.4, 0.5) is 0 Å². The summed E-state index contributed by atoms with van der Waals surface area (Å²) in [7, 11) is 0. The molecule has 0 heterocycles. The highest BCUT2D eigenvalue weighted by Gasteiger charge is 2.15. The van der Waals surface area contributed by atoms with Gasteiger partial charge < -0.3 is 4.74 Å². The topological polar surface area (TPSA) is 9.23 Å². The van der Waals surface area contributed by atoms with Gasteiger partial charge in [0, 0.05) is 0 Å². The minimum Gasteiger partial charge on any atom is -0.493 e. The lowest BCUT2D eigenvalue weighted by atomic mass is 9.92. The molecule has 0 bridgehead atoms. The molecule has 0 saturated carbocycles. The largest absolute Gasteiger partial charge is 0.493 e. The molecule has 0 atom stereocenters. The Balaban J connectivity index is 2.44. The minimum atomic E-state index is 0.274. The fourth-order valence-corrected chi connectivity index (χ4v) is 0.897. The molecule has 1 aromatic carbocycles. The van der Waals surface area contributed by atoms with Gasteiger partial charge in [0.15, 0.2) is 0 Å². The number of hydrogen-bond acceptors (Lipinski definition) is 1. The van der Waals surface area contributed by atoms with E-state index in [-0.39, 0.29) is 5.41 Å². The summed E-state index contributed by atoms with van der Waals surface area (Å²) in [6.07, 6.45) is 1.14. The van der Waals surface area contributed by atoms with Crippen LogP contribution in [0.3, 0.4) is 0 Å². The molecule has 0 unspecified atom stereocenters. The van der Waals surface area contributed by atoms with Crippen LogP contribution in [0, 0.1) is 5.41 Å². The molecule has 72 valence electrons. The molecule has 0 aliphatic rings. The van der Waals surface area contributed by atoms with Gasteiger partial charge >= 0.3 is 0 Å². The van der Waals surface area contributed by atoms with Crippen molar-refractivity contribution >= 4 is 0 Å². The zero-order chi connectivity index (χ0) is 9.73. The summed E-state index contributed by atoms with van der Waals surface area (Å²) in [5.74, 6) is 0.962. The van der Waals surface area contributed by atoms with Gasteiger partial charge in [0.2, 0.25) is 0 Å². The molecular weight excluding hydrogens is 160 g/mol. The molecule has 13 heavy (non-hydrogen) atoms. The highest BCUT2D eigenvalue weighted by atomic mass is 16.5. The highest BCUT2D eigenvalue weighted by molar-refractivity contribution is 5.20. The molecule has 0 fully saturated rings. The van der Waals surface area contributed by atoms with Crippen molar-refractivity contribution in [1.29, 1.82) is 0 Å². The molecule has 0 aliphatic heterocycles. The maximum absolute atomic E-state index is 5.66. The third kappa shape index (κ3) is 3.49. The highest BCUT2D eigenvalue weighted by Crippen LogP contribution is 2.21. The van der Waals surface area contributed by atoms with Crippen molar-refractivity contribution in [2.24, 2.45) is 5.41 Å². The minimum absolute atomic E-state index is 0.274. The lowest BCUT2D eigenvalue weighted by molar-refractivity contribution is 0.175. The van der Waals surface area contributed by atoms with Crippen LogP contribution < -0.4 is 4.74 Å². The lowest BCUT2D eigenvalue weighted by Crippen LogP contribution is -2.20. The summed E-state index contributed by atoms with van der Waals surface area (Å²) in [5.41, 5.74) is 0.274. The molecule has 0 amide bonds. The van der Waals surface area contributed by atoms with Gasteiger partial charge in [-0.3, -0.25) is 0 Å². The second-order valence-electron chi connectivity index (χ2n) is 4.12. The van der Waals surface area contributed by atoms with E-state index in [0.29, 0.717) is 0 Å². The van der Waals surface area contributed by atoms with Crippen molar-refractivity contribution in [2.75, 3.05) is 6.61 Å². The van der Waals surface area contributed by atoms with Gasteiger partial charge in [-0.2, -0.15) is 0 Å². The molecule has 1 heteroatoms. The van der Waals surface area contributed by atoms with E-state index in [1.807, 2.05) is 30.3 Å².